The molecule has 85 heavy (non-hydrogen) atoms. The summed E-state index contributed by atoms with van der Waals surface area (Å²) in [5.41, 5.74) is 0. The Balaban J connectivity index is 4.16. The number of hydrogen-bond acceptors (Lipinski definition) is 8. The molecule has 0 aromatic carbocycles. The zero-order valence-electron chi connectivity index (χ0n) is 55.2. The van der Waals surface area contributed by atoms with Crippen LogP contribution in [0.4, 0.5) is 0 Å². The number of rotatable bonds is 62. The summed E-state index contributed by atoms with van der Waals surface area (Å²) in [5, 5.41) is 11.8. The molecule has 0 aliphatic heterocycles. The van der Waals surface area contributed by atoms with E-state index in [9.17, 15) is 19.5 Å². The molecule has 0 rings (SSSR count). The van der Waals surface area contributed by atoms with Crippen molar-refractivity contribution in [3.8, 4) is 0 Å². The number of unbranched alkanes of at least 4 members (excludes halogenated alkanes) is 25. The number of hydrogen-bond donors (Lipinski definition) is 0. The van der Waals surface area contributed by atoms with Crippen LogP contribution in [0.15, 0.2) is 134 Å². The summed E-state index contributed by atoms with van der Waals surface area (Å²) in [6.45, 7) is 4.51. The van der Waals surface area contributed by atoms with Gasteiger partial charge in [0.1, 0.15) is 13.2 Å². The number of allylic oxidation sites excluding steroid dienone is 22. The van der Waals surface area contributed by atoms with Gasteiger partial charge in [0.05, 0.1) is 40.3 Å². The predicted octanol–water partition coefficient (Wildman–Crippen LogP) is 20.0. The van der Waals surface area contributed by atoms with Gasteiger partial charge in [0.15, 0.2) is 12.4 Å². The Kier molecular flexibility index (Phi) is 61.9. The van der Waals surface area contributed by atoms with E-state index >= 15 is 0 Å². The minimum absolute atomic E-state index is 0.138. The lowest BCUT2D eigenvalue weighted by atomic mass is 10.0. The third-order valence-corrected chi connectivity index (χ3v) is 14.4. The second-order valence-electron chi connectivity index (χ2n) is 23.7. The van der Waals surface area contributed by atoms with E-state index in [2.05, 4.69) is 148 Å². The minimum atomic E-state index is -1.64. The molecule has 0 aliphatic carbocycles. The topological polar surface area (TPSA) is 111 Å². The van der Waals surface area contributed by atoms with Crippen molar-refractivity contribution in [3.63, 3.8) is 0 Å². The molecule has 484 valence electrons. The molecule has 0 heterocycles. The summed E-state index contributed by atoms with van der Waals surface area (Å²) >= 11 is 0. The van der Waals surface area contributed by atoms with Gasteiger partial charge in [0.25, 0.3) is 0 Å². The van der Waals surface area contributed by atoms with Crippen molar-refractivity contribution in [2.24, 2.45) is 0 Å². The Hall–Kier alpha value is -4.57. The van der Waals surface area contributed by atoms with Crippen LogP contribution in [0.25, 0.3) is 0 Å². The van der Waals surface area contributed by atoms with Crippen LogP contribution >= 0.6 is 0 Å². The zero-order valence-corrected chi connectivity index (χ0v) is 55.2. The number of nitrogens with zero attached hydrogens (tertiary/aromatic N) is 1. The van der Waals surface area contributed by atoms with E-state index in [4.69, 9.17) is 18.9 Å². The Morgan fingerprint density at radius 3 is 0.941 bits per heavy atom. The lowest BCUT2D eigenvalue weighted by Crippen LogP contribution is -2.44. The molecule has 0 spiro atoms. The van der Waals surface area contributed by atoms with Gasteiger partial charge >= 0.3 is 11.9 Å². The number of quaternary nitrogens is 1. The van der Waals surface area contributed by atoms with Gasteiger partial charge in [0.2, 0.25) is 0 Å². The summed E-state index contributed by atoms with van der Waals surface area (Å²) in [5.74, 6) is -2.31. The van der Waals surface area contributed by atoms with E-state index in [1.807, 2.05) is 21.1 Å². The number of carboxylic acid groups (broad SMARTS) is 1. The third kappa shape index (κ3) is 66.8. The van der Waals surface area contributed by atoms with Gasteiger partial charge in [-0.05, 0) is 109 Å². The summed E-state index contributed by atoms with van der Waals surface area (Å²) < 4.78 is 22.8. The van der Waals surface area contributed by atoms with Crippen molar-refractivity contribution in [2.45, 2.75) is 283 Å². The molecule has 2 atom stereocenters. The van der Waals surface area contributed by atoms with Crippen LogP contribution in [0.5, 0.6) is 0 Å². The average molecular weight is 1180 g/mol. The number of aliphatic carboxylic acids is 1. The fraction of sp³-hybridized carbons (Fsp3) is 0.671. The fourth-order valence-electron chi connectivity index (χ4n) is 9.22. The molecule has 0 N–H and O–H groups in total. The second-order valence-corrected chi connectivity index (χ2v) is 23.7. The SMILES string of the molecule is CC/C=C\C/C=C\C/C=C\C/C=C\C/C=C\C/C=C\C/C=C\CCCCCCCC(=O)OC(COC(=O)CCCCCCCCCCCCCCCCCCCCCC/C=C\C/C=C\C/C=C\C/C=C\CC)COC(OCC[N+](C)(C)C)C(=O)[O-]. The maximum Gasteiger partial charge on any atom is 0.306 e. The van der Waals surface area contributed by atoms with Gasteiger partial charge in [0, 0.05) is 12.8 Å². The van der Waals surface area contributed by atoms with Crippen molar-refractivity contribution in [1.82, 2.24) is 0 Å². The van der Waals surface area contributed by atoms with Gasteiger partial charge < -0.3 is 33.3 Å². The first-order valence-corrected chi connectivity index (χ1v) is 34.3. The van der Waals surface area contributed by atoms with Crippen LogP contribution < -0.4 is 5.11 Å². The molecule has 0 saturated carbocycles. The molecule has 0 amide bonds. The fourth-order valence-corrected chi connectivity index (χ4v) is 9.22. The minimum Gasteiger partial charge on any atom is -0.545 e. The van der Waals surface area contributed by atoms with E-state index in [1.54, 1.807) is 0 Å². The monoisotopic (exact) mass is 1180 g/mol. The van der Waals surface area contributed by atoms with Gasteiger partial charge in [-0.1, -0.05) is 282 Å². The molecule has 0 radical (unpaired) electrons. The highest BCUT2D eigenvalue weighted by molar-refractivity contribution is 5.70. The number of carbonyl (C=O) groups excluding carboxylic acids is 3. The molecular formula is C76H127NO8. The van der Waals surface area contributed by atoms with E-state index < -0.39 is 24.3 Å². The molecule has 0 aromatic heterocycles. The van der Waals surface area contributed by atoms with Crippen molar-refractivity contribution in [1.29, 1.82) is 0 Å². The van der Waals surface area contributed by atoms with Crippen molar-refractivity contribution >= 4 is 17.9 Å². The number of ether oxygens (including phenoxy) is 4. The highest BCUT2D eigenvalue weighted by Crippen LogP contribution is 2.17. The second kappa shape index (κ2) is 65.4. The molecule has 0 bridgehead atoms. The number of esters is 2. The van der Waals surface area contributed by atoms with Gasteiger partial charge in [-0.2, -0.15) is 0 Å². The molecule has 0 aliphatic rings. The number of carboxylic acids is 1. The van der Waals surface area contributed by atoms with Crippen LogP contribution in [-0.2, 0) is 33.3 Å². The lowest BCUT2D eigenvalue weighted by Gasteiger charge is -2.26. The number of likely N-dealkylation sites (N-methyl/N-ethyl adjacent to an activating group) is 1. The first-order valence-electron chi connectivity index (χ1n) is 34.3. The Morgan fingerprint density at radius 1 is 0.353 bits per heavy atom. The predicted molar refractivity (Wildman–Crippen MR) is 361 cm³/mol. The molecular weight excluding hydrogens is 1050 g/mol. The summed E-state index contributed by atoms with van der Waals surface area (Å²) in [6, 6.07) is 0. The summed E-state index contributed by atoms with van der Waals surface area (Å²) in [4.78, 5) is 37.5. The Bertz CT molecular complexity index is 1860. The highest BCUT2D eigenvalue weighted by atomic mass is 16.7. The van der Waals surface area contributed by atoms with Crippen LogP contribution in [0, 0.1) is 0 Å². The molecule has 9 nitrogen and oxygen atoms in total. The lowest BCUT2D eigenvalue weighted by molar-refractivity contribution is -0.870. The van der Waals surface area contributed by atoms with E-state index in [-0.39, 0.29) is 38.6 Å². The molecule has 2 unspecified atom stereocenters. The maximum atomic E-state index is 12.9. The van der Waals surface area contributed by atoms with Crippen LogP contribution in [0.2, 0.25) is 0 Å². The van der Waals surface area contributed by atoms with Crippen molar-refractivity contribution in [3.05, 3.63) is 134 Å². The van der Waals surface area contributed by atoms with Gasteiger partial charge in [-0.3, -0.25) is 9.59 Å². The maximum absolute atomic E-state index is 12.9. The summed E-state index contributed by atoms with van der Waals surface area (Å²) in [6.07, 6.45) is 91.0. The molecule has 9 heteroatoms. The summed E-state index contributed by atoms with van der Waals surface area (Å²) in [7, 11) is 5.92. The third-order valence-electron chi connectivity index (χ3n) is 14.4. The Morgan fingerprint density at radius 2 is 0.635 bits per heavy atom. The van der Waals surface area contributed by atoms with Crippen LogP contribution in [0.1, 0.15) is 271 Å². The van der Waals surface area contributed by atoms with Gasteiger partial charge in [-0.25, -0.2) is 0 Å². The average Bonchev–Trinajstić information content (AvgIpc) is 3.48. The van der Waals surface area contributed by atoms with Crippen molar-refractivity contribution < 1.29 is 42.9 Å². The van der Waals surface area contributed by atoms with Crippen LogP contribution in [-0.4, -0.2) is 82.3 Å². The smallest absolute Gasteiger partial charge is 0.306 e. The quantitative estimate of drug-likeness (QED) is 0.0195. The van der Waals surface area contributed by atoms with E-state index in [0.717, 1.165) is 122 Å². The Labute approximate surface area is 522 Å². The van der Waals surface area contributed by atoms with E-state index in [1.165, 1.54) is 116 Å². The first-order chi connectivity index (χ1) is 41.6. The van der Waals surface area contributed by atoms with Gasteiger partial charge in [-0.15, -0.1) is 0 Å². The first kappa shape index (κ1) is 80.4. The standard InChI is InChI=1S/C76H127NO8/c1-6-8-10-12-14-16-18-20-22-24-26-28-30-32-34-35-36-37-38-39-41-42-44-46-48-50-52-54-56-58-60-62-64-66-73(78)83-70-72(71-84-76(75(80)81)82-69-68-77(3,4)5)85-74(79)67-65-63-61-59-57-55-53-51-49-47-45-43-40-33-31-29-27-25-23-21-19-17-15-13-11-9-7-2/h8-11,14-17,20-23,26-29,33,40,45,47,51,53,72,76H,6-7,12-13,18-19,24-25,30-32,34-39,41-44,46,48-50,52,54-71H2,1-5H3/b10-8-,11-9-,16-14-,17-15-,22-20-,23-21-,28-26-,29-27-,40-33-,47-45-,53-51-. The normalized spacial score (nSPS) is 13.6. The van der Waals surface area contributed by atoms with E-state index in [0.29, 0.717) is 17.4 Å². The molecule has 0 fully saturated rings. The largest absolute Gasteiger partial charge is 0.545 e. The van der Waals surface area contributed by atoms with Crippen LogP contribution in [0.3, 0.4) is 0 Å². The van der Waals surface area contributed by atoms with Crippen molar-refractivity contribution in [2.75, 3.05) is 47.5 Å². The highest BCUT2D eigenvalue weighted by Gasteiger charge is 2.22. The molecule has 0 aromatic rings. The zero-order chi connectivity index (χ0) is 61.9. The molecule has 0 saturated heterocycles. The number of carbonyl (C=O) groups is 3.